The minimum Gasteiger partial charge on any atom is -0.489 e. The fourth-order valence-corrected chi connectivity index (χ4v) is 3.10. The first-order valence-electron chi connectivity index (χ1n) is 8.81. The van der Waals surface area contributed by atoms with E-state index in [2.05, 4.69) is 18.9 Å². The molecule has 3 N–H and O–H groups in total. The van der Waals surface area contributed by atoms with Gasteiger partial charge in [0.2, 0.25) is 0 Å². The summed E-state index contributed by atoms with van der Waals surface area (Å²) >= 11 is 0. The molecule has 6 heteroatoms. The molecule has 0 saturated heterocycles. The third kappa shape index (κ3) is 6.18. The zero-order valence-electron chi connectivity index (χ0n) is 15.4. The van der Waals surface area contributed by atoms with E-state index in [9.17, 15) is 4.79 Å². The molecular weight excluding hydrogens is 347 g/mol. The fraction of sp³-hybridized carbons (Fsp3) is 0.333. The van der Waals surface area contributed by atoms with Gasteiger partial charge in [-0.15, -0.1) is 0 Å². The molecule has 0 saturated carbocycles. The van der Waals surface area contributed by atoms with Gasteiger partial charge in [0.05, 0.1) is 6.54 Å². The van der Waals surface area contributed by atoms with E-state index >= 15 is 0 Å². The van der Waals surface area contributed by atoms with Crippen molar-refractivity contribution in [3.63, 3.8) is 0 Å². The van der Waals surface area contributed by atoms with Gasteiger partial charge in [-0.05, 0) is 53.6 Å². The quantitative estimate of drug-likeness (QED) is 0.645. The lowest BCUT2D eigenvalue weighted by Crippen LogP contribution is -2.37. The van der Waals surface area contributed by atoms with E-state index in [4.69, 9.17) is 20.0 Å². The number of fused-ring (bicyclic) bond motifs is 1. The Bertz CT molecular complexity index is 769. The molecule has 0 aromatic heterocycles. The van der Waals surface area contributed by atoms with E-state index in [-0.39, 0.29) is 20.0 Å². The molecule has 0 fully saturated rings. The Balaban J connectivity index is 0.00000127. The third-order valence-electron chi connectivity index (χ3n) is 4.50. The van der Waals surface area contributed by atoms with Crippen molar-refractivity contribution in [1.29, 1.82) is 6.86 Å². The lowest BCUT2D eigenvalue weighted by molar-refractivity contribution is -0.136. The van der Waals surface area contributed by atoms with Gasteiger partial charge < -0.3 is 20.6 Å². The molecule has 2 aromatic carbocycles. The summed E-state index contributed by atoms with van der Waals surface area (Å²) in [7, 11) is 0. The van der Waals surface area contributed by atoms with Gasteiger partial charge in [-0.3, -0.25) is 9.51 Å². The topological polar surface area (TPSA) is 82.4 Å². The van der Waals surface area contributed by atoms with E-state index in [1.54, 1.807) is 0 Å². The Kier molecular flexibility index (Phi) is 7.95. The second-order valence-electron chi connectivity index (χ2n) is 6.32. The molecule has 5 nitrogen and oxygen atoms in total. The van der Waals surface area contributed by atoms with Crippen LogP contribution in [0.5, 0.6) is 5.75 Å². The van der Waals surface area contributed by atoms with Crippen LogP contribution in [0.2, 0.25) is 0 Å². The summed E-state index contributed by atoms with van der Waals surface area (Å²) < 4.78 is 18.9. The van der Waals surface area contributed by atoms with Crippen LogP contribution in [0.1, 0.15) is 36.1 Å². The van der Waals surface area contributed by atoms with Gasteiger partial charge in [0.15, 0.2) is 0 Å². The Morgan fingerprint density at radius 3 is 2.70 bits per heavy atom. The van der Waals surface area contributed by atoms with E-state index in [0.29, 0.717) is 6.61 Å². The van der Waals surface area contributed by atoms with Crippen molar-refractivity contribution < 1.29 is 19.4 Å². The highest BCUT2D eigenvalue weighted by atomic mass is 19.0. The molecule has 1 aliphatic rings. The van der Waals surface area contributed by atoms with Crippen molar-refractivity contribution in [1.82, 2.24) is 5.32 Å². The lowest BCUT2D eigenvalue weighted by Gasteiger charge is -2.25. The largest absolute Gasteiger partial charge is 0.489 e. The van der Waals surface area contributed by atoms with Crippen LogP contribution in [0.15, 0.2) is 42.5 Å². The molecule has 2 aromatic rings. The second kappa shape index (κ2) is 10.4. The smallest absolute Gasteiger partial charge is 0.317 e. The van der Waals surface area contributed by atoms with Gasteiger partial charge in [0, 0.05) is 12.3 Å². The number of ether oxygens (including phenoxy) is 1. The highest BCUT2D eigenvalue weighted by Crippen LogP contribution is 2.26. The molecule has 1 unspecified atom stereocenters. The number of carbonyl (C=O) groups is 1. The average Bonchev–Trinajstić information content (AvgIpc) is 2.72. The van der Waals surface area contributed by atoms with E-state index in [1.165, 1.54) is 17.3 Å². The SMILES string of the molecule is C.N=Cc1ccc(COc2ccc3c(c2)CCC(NCC(=O)O)C3)cc1.[3H]F. The monoisotopic (exact) mass is 376 g/mol. The van der Waals surface area contributed by atoms with Crippen LogP contribution in [-0.4, -0.2) is 31.3 Å². The minimum atomic E-state index is -0.816. The molecule has 27 heavy (non-hydrogen) atoms. The van der Waals surface area contributed by atoms with Crippen molar-refractivity contribution in [2.75, 3.05) is 6.54 Å². The van der Waals surface area contributed by atoms with Gasteiger partial charge in [0.1, 0.15) is 12.4 Å². The number of carboxylic acids is 1. The van der Waals surface area contributed by atoms with Crippen molar-refractivity contribution in [2.45, 2.75) is 39.3 Å². The summed E-state index contributed by atoms with van der Waals surface area (Å²) in [6.07, 6.45) is 4.05. The van der Waals surface area contributed by atoms with Crippen molar-refractivity contribution in [2.24, 2.45) is 0 Å². The molecule has 0 radical (unpaired) electrons. The van der Waals surface area contributed by atoms with Crippen LogP contribution in [0.4, 0.5) is 4.72 Å². The molecular formula is C21H27FN2O3. The van der Waals surface area contributed by atoms with Gasteiger partial charge in [0.25, 0.3) is 1.45 Å². The van der Waals surface area contributed by atoms with E-state index in [1.807, 2.05) is 30.3 Å². The summed E-state index contributed by atoms with van der Waals surface area (Å²) in [5, 5.41) is 19.1. The van der Waals surface area contributed by atoms with E-state index in [0.717, 1.165) is 36.1 Å². The summed E-state index contributed by atoms with van der Waals surface area (Å²) in [6, 6.07) is 14.1. The normalized spacial score (nSPS) is 15.1. The fourth-order valence-electron chi connectivity index (χ4n) is 3.10. The summed E-state index contributed by atoms with van der Waals surface area (Å²) in [6.45, 7) is 0.512. The average molecular weight is 376 g/mol. The van der Waals surface area contributed by atoms with Crippen LogP contribution >= 0.6 is 0 Å². The van der Waals surface area contributed by atoms with Gasteiger partial charge in [-0.25, -0.2) is 0 Å². The standard InChI is InChI=1S/C20H22N2O3.CH4.FH/c21-11-14-1-3-15(4-2-14)13-25-19-8-6-16-9-18(22-12-20(23)24)7-5-17(16)10-19;;/h1-4,6,8,10-11,18,21-22H,5,7,9,12-13H2,(H,23,24);1H4;1H/i/hT. The molecule has 1 aliphatic carbocycles. The van der Waals surface area contributed by atoms with Crippen LogP contribution < -0.4 is 10.1 Å². The van der Waals surface area contributed by atoms with Crippen LogP contribution in [0, 0.1) is 5.41 Å². The summed E-state index contributed by atoms with van der Waals surface area (Å²) in [5.41, 5.74) is 4.49. The first-order chi connectivity index (χ1) is 13.1. The Labute approximate surface area is 160 Å². The maximum atomic E-state index is 10.7. The Morgan fingerprint density at radius 2 is 2.04 bits per heavy atom. The predicted octanol–water partition coefficient (Wildman–Crippen LogP) is 3.58. The maximum Gasteiger partial charge on any atom is 0.317 e. The number of hydrogen-bond acceptors (Lipinski definition) is 4. The molecule has 0 amide bonds. The van der Waals surface area contributed by atoms with Gasteiger partial charge >= 0.3 is 5.97 Å². The molecule has 3 rings (SSSR count). The number of aliphatic carboxylic acids is 1. The maximum absolute atomic E-state index is 10.7. The summed E-state index contributed by atoms with van der Waals surface area (Å²) in [5.74, 6) is 0.0371. The minimum absolute atomic E-state index is 0. The molecule has 1 atom stereocenters. The number of carboxylic acid groups (broad SMARTS) is 1. The second-order valence-corrected chi connectivity index (χ2v) is 6.32. The highest BCUT2D eigenvalue weighted by Gasteiger charge is 2.19. The van der Waals surface area contributed by atoms with Gasteiger partial charge in [-0.1, -0.05) is 37.8 Å². The molecule has 0 heterocycles. The number of hydrogen-bond donors (Lipinski definition) is 3. The lowest BCUT2D eigenvalue weighted by atomic mass is 9.88. The van der Waals surface area contributed by atoms with Crippen LogP contribution in [-0.2, 0) is 24.2 Å². The summed E-state index contributed by atoms with van der Waals surface area (Å²) in [4.78, 5) is 10.7. The molecule has 0 spiro atoms. The Morgan fingerprint density at radius 1 is 1.30 bits per heavy atom. The third-order valence-corrected chi connectivity index (χ3v) is 4.50. The van der Waals surface area contributed by atoms with Crippen LogP contribution in [0.25, 0.3) is 0 Å². The number of nitrogens with one attached hydrogen (secondary N) is 2. The van der Waals surface area contributed by atoms with Crippen molar-refractivity contribution >= 4 is 12.2 Å². The number of halogens is 1. The first kappa shape index (κ1) is 20.6. The number of rotatable bonds is 7. The van der Waals surface area contributed by atoms with Crippen molar-refractivity contribution in [3.05, 3.63) is 64.7 Å². The predicted molar refractivity (Wildman–Crippen MR) is 106 cm³/mol. The highest BCUT2D eigenvalue weighted by molar-refractivity contribution is 5.76. The zero-order valence-corrected chi connectivity index (χ0v) is 14.4. The molecule has 0 aliphatic heterocycles. The molecule has 0 bridgehead atoms. The van der Waals surface area contributed by atoms with Gasteiger partial charge in [-0.2, -0.15) is 0 Å². The van der Waals surface area contributed by atoms with Crippen LogP contribution in [0.3, 0.4) is 0 Å². The Hall–Kier alpha value is -2.73. The van der Waals surface area contributed by atoms with Crippen molar-refractivity contribution in [3.8, 4) is 5.75 Å². The first-order valence-corrected chi connectivity index (χ1v) is 8.43. The molecule has 146 valence electrons. The number of benzene rings is 2. The zero-order chi connectivity index (χ0) is 19.6. The number of aryl methyl sites for hydroxylation is 1. The van der Waals surface area contributed by atoms with E-state index < -0.39 is 5.97 Å².